The van der Waals surface area contributed by atoms with Crippen molar-refractivity contribution >= 4 is 11.8 Å². The van der Waals surface area contributed by atoms with E-state index in [0.29, 0.717) is 24.3 Å². The Morgan fingerprint density at radius 3 is 2.00 bits per heavy atom. The van der Waals surface area contributed by atoms with Crippen molar-refractivity contribution in [3.8, 4) is 11.1 Å². The summed E-state index contributed by atoms with van der Waals surface area (Å²) in [6.07, 6.45) is 5.36. The summed E-state index contributed by atoms with van der Waals surface area (Å²) >= 11 is 0. The SMILES string of the molecule is O=C(c1ccc(-c2ccc(F)cc2)cc1)N1CCC(n2cc(C(=O)N3CCCC3)nn2)CC1. The van der Waals surface area contributed by atoms with E-state index >= 15 is 0 Å². The molecule has 0 atom stereocenters. The van der Waals surface area contributed by atoms with E-state index in [1.54, 1.807) is 23.0 Å². The number of aromatic nitrogens is 3. The van der Waals surface area contributed by atoms with Gasteiger partial charge < -0.3 is 9.80 Å². The van der Waals surface area contributed by atoms with Crippen LogP contribution >= 0.6 is 0 Å². The Hall–Kier alpha value is -3.55. The van der Waals surface area contributed by atoms with Crippen LogP contribution in [0, 0.1) is 5.82 Å². The number of carbonyl (C=O) groups excluding carboxylic acids is 2. The van der Waals surface area contributed by atoms with E-state index in [4.69, 9.17) is 0 Å². The van der Waals surface area contributed by atoms with Gasteiger partial charge in [0.05, 0.1) is 12.2 Å². The van der Waals surface area contributed by atoms with E-state index in [0.717, 1.165) is 49.9 Å². The average molecular weight is 448 g/mol. The number of hydrogen-bond donors (Lipinski definition) is 0. The molecule has 0 N–H and O–H groups in total. The number of carbonyl (C=O) groups is 2. The molecule has 1 aromatic heterocycles. The number of halogens is 1. The Labute approximate surface area is 191 Å². The number of piperidine rings is 1. The van der Waals surface area contributed by atoms with Crippen molar-refractivity contribution < 1.29 is 14.0 Å². The first kappa shape index (κ1) is 21.3. The normalized spacial score (nSPS) is 16.9. The maximum Gasteiger partial charge on any atom is 0.276 e. The fraction of sp³-hybridized carbons (Fsp3) is 0.360. The minimum Gasteiger partial charge on any atom is -0.338 e. The van der Waals surface area contributed by atoms with Gasteiger partial charge in [0.15, 0.2) is 5.69 Å². The highest BCUT2D eigenvalue weighted by molar-refractivity contribution is 5.95. The lowest BCUT2D eigenvalue weighted by molar-refractivity contribution is 0.0689. The van der Waals surface area contributed by atoms with Crippen molar-refractivity contribution in [2.75, 3.05) is 26.2 Å². The van der Waals surface area contributed by atoms with Crippen LogP contribution in [0.3, 0.4) is 0 Å². The molecule has 7 nitrogen and oxygen atoms in total. The molecule has 170 valence electrons. The molecule has 0 aliphatic carbocycles. The molecule has 0 radical (unpaired) electrons. The molecule has 0 bridgehead atoms. The molecule has 0 spiro atoms. The third-order valence-corrected chi connectivity index (χ3v) is 6.56. The summed E-state index contributed by atoms with van der Waals surface area (Å²) in [6, 6.07) is 13.9. The second-order valence-electron chi connectivity index (χ2n) is 8.69. The summed E-state index contributed by atoms with van der Waals surface area (Å²) in [4.78, 5) is 29.2. The molecule has 0 unspecified atom stereocenters. The number of nitrogens with zero attached hydrogens (tertiary/aromatic N) is 5. The molecule has 2 amide bonds. The summed E-state index contributed by atoms with van der Waals surface area (Å²) in [7, 11) is 0. The second kappa shape index (κ2) is 9.13. The van der Waals surface area contributed by atoms with Gasteiger partial charge in [0.1, 0.15) is 5.82 Å². The predicted octanol–water partition coefficient (Wildman–Crippen LogP) is 3.80. The van der Waals surface area contributed by atoms with Crippen molar-refractivity contribution in [2.45, 2.75) is 31.7 Å². The summed E-state index contributed by atoms with van der Waals surface area (Å²) in [5.41, 5.74) is 2.89. The monoisotopic (exact) mass is 447 g/mol. The number of benzene rings is 2. The van der Waals surface area contributed by atoms with Crippen LogP contribution in [0.4, 0.5) is 4.39 Å². The first-order valence-corrected chi connectivity index (χ1v) is 11.4. The van der Waals surface area contributed by atoms with E-state index in [9.17, 15) is 14.0 Å². The Balaban J connectivity index is 1.18. The van der Waals surface area contributed by atoms with Gasteiger partial charge in [-0.15, -0.1) is 5.10 Å². The minimum atomic E-state index is -0.269. The lowest BCUT2D eigenvalue weighted by Gasteiger charge is -2.32. The topological polar surface area (TPSA) is 71.3 Å². The first-order valence-electron chi connectivity index (χ1n) is 11.4. The minimum absolute atomic E-state index is 0.00240. The van der Waals surface area contributed by atoms with Gasteiger partial charge in [0.2, 0.25) is 0 Å². The van der Waals surface area contributed by atoms with Gasteiger partial charge in [0, 0.05) is 31.7 Å². The fourth-order valence-electron chi connectivity index (χ4n) is 4.60. The highest BCUT2D eigenvalue weighted by Crippen LogP contribution is 2.25. The molecular formula is C25H26FN5O2. The number of rotatable bonds is 4. The molecule has 5 rings (SSSR count). The average Bonchev–Trinajstić information content (AvgIpc) is 3.57. The Kier molecular flexibility index (Phi) is 5.90. The van der Waals surface area contributed by atoms with E-state index in [1.807, 2.05) is 34.1 Å². The predicted molar refractivity (Wildman–Crippen MR) is 121 cm³/mol. The summed E-state index contributed by atoms with van der Waals surface area (Å²) in [5.74, 6) is -0.313. The van der Waals surface area contributed by atoms with E-state index in [-0.39, 0.29) is 23.7 Å². The van der Waals surface area contributed by atoms with E-state index in [1.165, 1.54) is 12.1 Å². The zero-order valence-corrected chi connectivity index (χ0v) is 18.4. The van der Waals surface area contributed by atoms with Crippen LogP contribution in [0.1, 0.15) is 52.6 Å². The molecule has 3 aromatic rings. The molecular weight excluding hydrogens is 421 g/mol. The van der Waals surface area contributed by atoms with Crippen LogP contribution in [0.5, 0.6) is 0 Å². The van der Waals surface area contributed by atoms with Gasteiger partial charge in [0.25, 0.3) is 11.8 Å². The molecule has 2 aliphatic heterocycles. The molecule has 3 heterocycles. The van der Waals surface area contributed by atoms with Gasteiger partial charge in [-0.05, 0) is 61.1 Å². The van der Waals surface area contributed by atoms with Crippen molar-refractivity contribution in [3.05, 3.63) is 71.8 Å². The van der Waals surface area contributed by atoms with Gasteiger partial charge in [-0.25, -0.2) is 9.07 Å². The number of amides is 2. The van der Waals surface area contributed by atoms with Gasteiger partial charge in [-0.1, -0.05) is 29.5 Å². The zero-order chi connectivity index (χ0) is 22.8. The highest BCUT2D eigenvalue weighted by Gasteiger charge is 2.27. The van der Waals surface area contributed by atoms with Gasteiger partial charge in [-0.2, -0.15) is 0 Å². The molecule has 0 saturated carbocycles. The molecule has 2 aromatic carbocycles. The van der Waals surface area contributed by atoms with Crippen LogP contribution in [-0.4, -0.2) is 62.8 Å². The molecule has 33 heavy (non-hydrogen) atoms. The third kappa shape index (κ3) is 4.51. The Bertz CT molecular complexity index is 1130. The lowest BCUT2D eigenvalue weighted by Crippen LogP contribution is -2.39. The lowest BCUT2D eigenvalue weighted by atomic mass is 10.0. The smallest absolute Gasteiger partial charge is 0.276 e. The second-order valence-corrected chi connectivity index (χ2v) is 8.69. The first-order chi connectivity index (χ1) is 16.1. The van der Waals surface area contributed by atoms with Crippen LogP contribution in [-0.2, 0) is 0 Å². The van der Waals surface area contributed by atoms with Crippen LogP contribution in [0.25, 0.3) is 11.1 Å². The van der Waals surface area contributed by atoms with Crippen LogP contribution in [0.15, 0.2) is 54.7 Å². The standard InChI is InChI=1S/C25H26FN5O2/c26-21-9-7-19(8-10-21)18-3-5-20(6-4-18)24(32)30-15-11-22(12-16-30)31-17-23(27-28-31)25(33)29-13-1-2-14-29/h3-10,17,22H,1-2,11-16H2. The van der Waals surface area contributed by atoms with E-state index in [2.05, 4.69) is 10.3 Å². The molecule has 2 fully saturated rings. The quantitative estimate of drug-likeness (QED) is 0.610. The molecule has 2 saturated heterocycles. The van der Waals surface area contributed by atoms with Crippen molar-refractivity contribution in [2.24, 2.45) is 0 Å². The van der Waals surface area contributed by atoms with E-state index < -0.39 is 0 Å². The van der Waals surface area contributed by atoms with Crippen LogP contribution < -0.4 is 0 Å². The fourth-order valence-corrected chi connectivity index (χ4v) is 4.60. The Morgan fingerprint density at radius 2 is 1.36 bits per heavy atom. The summed E-state index contributed by atoms with van der Waals surface area (Å²) < 4.78 is 14.9. The molecule has 2 aliphatic rings. The maximum atomic E-state index is 13.1. The molecule has 8 heteroatoms. The zero-order valence-electron chi connectivity index (χ0n) is 18.4. The number of likely N-dealkylation sites (tertiary alicyclic amines) is 2. The third-order valence-electron chi connectivity index (χ3n) is 6.56. The largest absolute Gasteiger partial charge is 0.338 e. The van der Waals surface area contributed by atoms with Crippen molar-refractivity contribution in [1.29, 1.82) is 0 Å². The van der Waals surface area contributed by atoms with Gasteiger partial charge >= 0.3 is 0 Å². The highest BCUT2D eigenvalue weighted by atomic mass is 19.1. The van der Waals surface area contributed by atoms with Crippen molar-refractivity contribution in [1.82, 2.24) is 24.8 Å². The number of hydrogen-bond acceptors (Lipinski definition) is 4. The van der Waals surface area contributed by atoms with Gasteiger partial charge in [-0.3, -0.25) is 9.59 Å². The summed E-state index contributed by atoms with van der Waals surface area (Å²) in [6.45, 7) is 2.82. The maximum absolute atomic E-state index is 13.1. The Morgan fingerprint density at radius 1 is 0.788 bits per heavy atom. The van der Waals surface area contributed by atoms with Crippen LogP contribution in [0.2, 0.25) is 0 Å². The summed E-state index contributed by atoms with van der Waals surface area (Å²) in [5, 5.41) is 8.29. The van der Waals surface area contributed by atoms with Crippen molar-refractivity contribution in [3.63, 3.8) is 0 Å².